The Morgan fingerprint density at radius 1 is 0.717 bits per heavy atom. The van der Waals surface area contributed by atoms with Gasteiger partial charge in [0, 0.05) is 19.9 Å². The van der Waals surface area contributed by atoms with E-state index in [4.69, 9.17) is 10.8 Å². The lowest BCUT2D eigenvalue weighted by Crippen LogP contribution is -2.61. The molecule has 0 aliphatic carbocycles. The number of hydrogen-bond acceptors (Lipinski definition) is 10. The molecule has 0 aromatic rings. The lowest BCUT2D eigenvalue weighted by Gasteiger charge is -2.29. The van der Waals surface area contributed by atoms with Crippen LogP contribution in [0.1, 0.15) is 80.1 Å². The summed E-state index contributed by atoms with van der Waals surface area (Å²) in [4.78, 5) is 98.6. The number of carbonyl (C=O) groups is 8. The lowest BCUT2D eigenvalue weighted by atomic mass is 9.96. The van der Waals surface area contributed by atoms with Gasteiger partial charge in [-0.1, -0.05) is 20.3 Å². The van der Waals surface area contributed by atoms with Crippen LogP contribution in [0.4, 0.5) is 0 Å². The number of carbonyl (C=O) groups excluding carboxylic acids is 7. The molecule has 17 heteroatoms. The van der Waals surface area contributed by atoms with E-state index >= 15 is 0 Å². The minimum atomic E-state index is -1.54. The zero-order valence-corrected chi connectivity index (χ0v) is 27.4. The normalized spacial score (nSPS) is 15.4. The smallest absolute Gasteiger partial charge is 0.303 e. The number of rotatable bonds is 22. The van der Waals surface area contributed by atoms with Crippen LogP contribution in [0.2, 0.25) is 0 Å². The minimum absolute atomic E-state index is 0.0529. The number of aliphatic hydroxyl groups is 1. The Kier molecular flexibility index (Phi) is 19.7. The number of carboxylic acids is 1. The molecular weight excluding hydrogens is 606 g/mol. The van der Waals surface area contributed by atoms with Crippen LogP contribution in [0.25, 0.3) is 0 Å². The number of ketones is 1. The molecular formula is C29H51N7O10. The van der Waals surface area contributed by atoms with Gasteiger partial charge in [-0.15, -0.1) is 0 Å². The summed E-state index contributed by atoms with van der Waals surface area (Å²) in [5.74, 6) is -7.08. The predicted octanol–water partition coefficient (Wildman–Crippen LogP) is -2.42. The van der Waals surface area contributed by atoms with Crippen LogP contribution < -0.4 is 37.6 Å². The number of nitrogens with one attached hydrogen (secondary N) is 6. The Morgan fingerprint density at radius 2 is 1.28 bits per heavy atom. The van der Waals surface area contributed by atoms with E-state index in [1.807, 2.05) is 0 Å². The van der Waals surface area contributed by atoms with Gasteiger partial charge in [-0.05, 0) is 58.9 Å². The van der Waals surface area contributed by atoms with Gasteiger partial charge in [-0.3, -0.25) is 38.4 Å². The molecule has 46 heavy (non-hydrogen) atoms. The van der Waals surface area contributed by atoms with Crippen LogP contribution in [0.3, 0.4) is 0 Å². The Labute approximate surface area is 268 Å². The lowest BCUT2D eigenvalue weighted by molar-refractivity contribution is -0.140. The topological polar surface area (TPSA) is 275 Å². The van der Waals surface area contributed by atoms with E-state index in [9.17, 15) is 43.5 Å². The van der Waals surface area contributed by atoms with Crippen LogP contribution >= 0.6 is 0 Å². The van der Waals surface area contributed by atoms with E-state index in [2.05, 4.69) is 31.9 Å². The molecule has 0 saturated heterocycles. The molecule has 7 atom stereocenters. The van der Waals surface area contributed by atoms with Crippen molar-refractivity contribution < 1.29 is 48.6 Å². The summed E-state index contributed by atoms with van der Waals surface area (Å²) in [5, 5.41) is 33.5. The summed E-state index contributed by atoms with van der Waals surface area (Å²) in [6, 6.07) is -6.15. The fourth-order valence-electron chi connectivity index (χ4n) is 4.11. The Balaban J connectivity index is 5.44. The van der Waals surface area contributed by atoms with E-state index in [0.29, 0.717) is 25.8 Å². The van der Waals surface area contributed by atoms with Gasteiger partial charge >= 0.3 is 5.97 Å². The SMILES string of the molecule is CC[C@H](C)[C@H](NC(=O)[C@H](CCCCN)NC(C)=O)C(=O)N[C@H](C(=O)N[C@@H](C)C(=O)NC(C)C(=O)C(=O)NCCCC(=O)O)[C@@H](C)O. The monoisotopic (exact) mass is 657 g/mol. The highest BCUT2D eigenvalue weighted by atomic mass is 16.4. The number of aliphatic carboxylic acids is 1. The highest BCUT2D eigenvalue weighted by Crippen LogP contribution is 2.11. The summed E-state index contributed by atoms with van der Waals surface area (Å²) in [6.45, 7) is 8.88. The van der Waals surface area contributed by atoms with Crippen LogP contribution in [0.15, 0.2) is 0 Å². The van der Waals surface area contributed by atoms with Gasteiger partial charge in [0.05, 0.1) is 12.1 Å². The summed E-state index contributed by atoms with van der Waals surface area (Å²) in [7, 11) is 0. The van der Waals surface area contributed by atoms with Crippen molar-refractivity contribution in [2.24, 2.45) is 11.7 Å². The fourth-order valence-corrected chi connectivity index (χ4v) is 4.11. The molecule has 0 fully saturated rings. The summed E-state index contributed by atoms with van der Waals surface area (Å²) in [6.07, 6.45) is 0.403. The molecule has 0 aliphatic heterocycles. The summed E-state index contributed by atoms with van der Waals surface area (Å²) < 4.78 is 0. The molecule has 1 unspecified atom stereocenters. The number of Topliss-reactive ketones (excluding diaryl/α,β-unsaturated/α-hetero) is 1. The molecule has 0 aromatic carbocycles. The fraction of sp³-hybridized carbons (Fsp3) is 0.724. The number of nitrogens with two attached hydrogens (primary N) is 1. The first-order chi connectivity index (χ1) is 21.5. The van der Waals surface area contributed by atoms with Crippen molar-refractivity contribution in [2.75, 3.05) is 13.1 Å². The third-order valence-electron chi connectivity index (χ3n) is 7.08. The Morgan fingerprint density at radius 3 is 1.80 bits per heavy atom. The molecule has 0 spiro atoms. The van der Waals surface area contributed by atoms with E-state index in [-0.39, 0.29) is 25.8 Å². The Hall–Kier alpha value is -4.12. The van der Waals surface area contributed by atoms with Crippen LogP contribution in [0.5, 0.6) is 0 Å². The van der Waals surface area contributed by atoms with Crippen LogP contribution in [-0.2, 0) is 38.4 Å². The predicted molar refractivity (Wildman–Crippen MR) is 166 cm³/mol. The second-order valence-electron chi connectivity index (χ2n) is 11.2. The highest BCUT2D eigenvalue weighted by molar-refractivity contribution is 6.38. The average molecular weight is 658 g/mol. The number of carboxylic acid groups (broad SMARTS) is 1. The third-order valence-corrected chi connectivity index (χ3v) is 7.08. The van der Waals surface area contributed by atoms with Crippen molar-refractivity contribution in [3.05, 3.63) is 0 Å². The van der Waals surface area contributed by atoms with Gasteiger partial charge in [0.1, 0.15) is 24.2 Å². The molecule has 0 bridgehead atoms. The van der Waals surface area contributed by atoms with Crippen molar-refractivity contribution in [1.29, 1.82) is 0 Å². The van der Waals surface area contributed by atoms with Crippen molar-refractivity contribution in [3.63, 3.8) is 0 Å². The molecule has 0 radical (unpaired) electrons. The van der Waals surface area contributed by atoms with E-state index < -0.39 is 89.4 Å². The standard InChI is InChI=1S/C29H51N7O10/c1-7-15(2)22(35-26(43)20(34-19(6)38)11-8-9-13-30)27(44)36-23(18(5)37)28(45)33-17(4)25(42)32-16(3)24(41)29(46)31-14-10-12-21(39)40/h15-18,20,22-23,37H,7-14,30H2,1-6H3,(H,31,46)(H,32,42)(H,33,45)(H,34,38)(H,35,43)(H,36,44)(H,39,40)/t15-,16?,17-,18+,20-,22-,23-/m0/s1. The molecule has 6 amide bonds. The van der Waals surface area contributed by atoms with E-state index in [1.54, 1.807) is 13.8 Å². The van der Waals surface area contributed by atoms with Gasteiger partial charge in [-0.25, -0.2) is 0 Å². The molecule has 17 nitrogen and oxygen atoms in total. The largest absolute Gasteiger partial charge is 0.481 e. The summed E-state index contributed by atoms with van der Waals surface area (Å²) in [5.41, 5.74) is 5.52. The average Bonchev–Trinajstić information content (AvgIpc) is 2.98. The van der Waals surface area contributed by atoms with E-state index in [1.165, 1.54) is 27.7 Å². The van der Waals surface area contributed by atoms with Gasteiger partial charge in [0.25, 0.3) is 5.91 Å². The quantitative estimate of drug-likeness (QED) is 0.0436. The van der Waals surface area contributed by atoms with E-state index in [0.717, 1.165) is 0 Å². The van der Waals surface area contributed by atoms with Gasteiger partial charge in [-0.2, -0.15) is 0 Å². The van der Waals surface area contributed by atoms with Crippen LogP contribution in [0, 0.1) is 5.92 Å². The second-order valence-corrected chi connectivity index (χ2v) is 11.2. The first-order valence-corrected chi connectivity index (χ1v) is 15.4. The maximum atomic E-state index is 13.3. The molecule has 0 aromatic heterocycles. The number of hydrogen-bond donors (Lipinski definition) is 9. The molecule has 0 rings (SSSR count). The first kappa shape index (κ1) is 41.9. The minimum Gasteiger partial charge on any atom is -0.481 e. The van der Waals surface area contributed by atoms with Gasteiger partial charge in [0.15, 0.2) is 0 Å². The van der Waals surface area contributed by atoms with Crippen molar-refractivity contribution in [1.82, 2.24) is 31.9 Å². The van der Waals surface area contributed by atoms with Crippen molar-refractivity contribution >= 4 is 47.2 Å². The zero-order valence-electron chi connectivity index (χ0n) is 27.4. The number of aliphatic hydroxyl groups excluding tert-OH is 1. The van der Waals surface area contributed by atoms with Crippen LogP contribution in [-0.4, -0.2) is 107 Å². The molecule has 0 heterocycles. The maximum absolute atomic E-state index is 13.3. The highest BCUT2D eigenvalue weighted by Gasteiger charge is 2.34. The van der Waals surface area contributed by atoms with Crippen molar-refractivity contribution in [3.8, 4) is 0 Å². The van der Waals surface area contributed by atoms with Crippen molar-refractivity contribution in [2.45, 2.75) is 116 Å². The number of amides is 6. The second kappa shape index (κ2) is 21.6. The molecule has 262 valence electrons. The molecule has 10 N–H and O–H groups in total. The van der Waals surface area contributed by atoms with Gasteiger partial charge in [0.2, 0.25) is 35.3 Å². The zero-order chi connectivity index (χ0) is 35.6. The Bertz CT molecular complexity index is 1080. The van der Waals surface area contributed by atoms with Gasteiger partial charge < -0.3 is 47.8 Å². The maximum Gasteiger partial charge on any atom is 0.303 e. The molecule has 0 aliphatic rings. The molecule has 0 saturated carbocycles. The first-order valence-electron chi connectivity index (χ1n) is 15.4. The third kappa shape index (κ3) is 15.7. The number of unbranched alkanes of at least 4 members (excludes halogenated alkanes) is 1. The summed E-state index contributed by atoms with van der Waals surface area (Å²) >= 11 is 0.